The lowest BCUT2D eigenvalue weighted by atomic mass is 10.1. The van der Waals surface area contributed by atoms with E-state index >= 15 is 0 Å². The molecule has 3 nitrogen and oxygen atoms in total. The van der Waals surface area contributed by atoms with Crippen molar-refractivity contribution in [1.29, 1.82) is 0 Å². The van der Waals surface area contributed by atoms with Crippen molar-refractivity contribution in [2.45, 2.75) is 33.3 Å². The number of benzene rings is 1. The topological polar surface area (TPSA) is 40.5 Å². The Balaban J connectivity index is 3.07. The summed E-state index contributed by atoms with van der Waals surface area (Å²) < 4.78 is 0. The van der Waals surface area contributed by atoms with Crippen LogP contribution in [0.25, 0.3) is 0 Å². The van der Waals surface area contributed by atoms with Crippen molar-refractivity contribution >= 4 is 12.0 Å². The van der Waals surface area contributed by atoms with Crippen molar-refractivity contribution in [3.8, 4) is 0 Å². The number of anilines is 1. The van der Waals surface area contributed by atoms with Crippen LogP contribution in [0.3, 0.4) is 0 Å². The van der Waals surface area contributed by atoms with Gasteiger partial charge in [0.2, 0.25) is 0 Å². The minimum Gasteiger partial charge on any atom is -0.389 e. The molecule has 0 aliphatic carbocycles. The molecule has 0 aromatic heterocycles. The molecule has 1 aromatic rings. The van der Waals surface area contributed by atoms with Crippen LogP contribution in [0, 0.1) is 6.92 Å². The van der Waals surface area contributed by atoms with Gasteiger partial charge in [-0.05, 0) is 39.8 Å². The maximum Gasteiger partial charge on any atom is 0.152 e. The molecular weight excluding hydrogens is 214 g/mol. The van der Waals surface area contributed by atoms with Gasteiger partial charge in [-0.15, -0.1) is 0 Å². The van der Waals surface area contributed by atoms with E-state index in [4.69, 9.17) is 0 Å². The highest BCUT2D eigenvalue weighted by molar-refractivity contribution is 5.85. The number of carbonyl (C=O) groups is 1. The number of carbonyl (C=O) groups excluding carboxylic acids is 1. The molecule has 1 aromatic carbocycles. The lowest BCUT2D eigenvalue weighted by molar-refractivity contribution is 0.0874. The van der Waals surface area contributed by atoms with E-state index in [0.717, 1.165) is 24.1 Å². The third-order valence-corrected chi connectivity index (χ3v) is 2.61. The van der Waals surface area contributed by atoms with Crippen LogP contribution in [-0.4, -0.2) is 30.1 Å². The smallest absolute Gasteiger partial charge is 0.152 e. The summed E-state index contributed by atoms with van der Waals surface area (Å²) in [5, 5.41) is 9.87. The normalized spacial score (nSPS) is 11.4. The van der Waals surface area contributed by atoms with E-state index in [2.05, 4.69) is 0 Å². The van der Waals surface area contributed by atoms with Gasteiger partial charge in [0, 0.05) is 24.3 Å². The van der Waals surface area contributed by atoms with Crippen molar-refractivity contribution in [3.05, 3.63) is 29.3 Å². The lowest BCUT2D eigenvalue weighted by Gasteiger charge is -2.30. The monoisotopic (exact) mass is 235 g/mol. The van der Waals surface area contributed by atoms with E-state index in [1.807, 2.05) is 36.9 Å². The summed E-state index contributed by atoms with van der Waals surface area (Å²) in [6.07, 6.45) is 0.870. The Kier molecular flexibility index (Phi) is 4.29. The molecule has 17 heavy (non-hydrogen) atoms. The molecule has 0 heterocycles. The van der Waals surface area contributed by atoms with Gasteiger partial charge in [-0.3, -0.25) is 4.79 Å². The zero-order chi connectivity index (χ0) is 13.1. The number of aldehydes is 1. The van der Waals surface area contributed by atoms with Gasteiger partial charge in [0.25, 0.3) is 0 Å². The minimum atomic E-state index is -0.777. The molecule has 1 rings (SSSR count). The number of aryl methyl sites for hydroxylation is 1. The highest BCUT2D eigenvalue weighted by atomic mass is 16.3. The molecule has 0 unspecified atom stereocenters. The predicted octanol–water partition coefficient (Wildman–Crippen LogP) is 2.40. The maximum absolute atomic E-state index is 11.1. The average molecular weight is 235 g/mol. The summed E-state index contributed by atoms with van der Waals surface area (Å²) in [4.78, 5) is 13.1. The first-order valence-corrected chi connectivity index (χ1v) is 5.90. The van der Waals surface area contributed by atoms with Crippen molar-refractivity contribution in [1.82, 2.24) is 0 Å². The number of nitrogens with zero attached hydrogens (tertiary/aromatic N) is 1. The summed E-state index contributed by atoms with van der Waals surface area (Å²) in [6, 6.07) is 5.79. The maximum atomic E-state index is 11.1. The fourth-order valence-corrected chi connectivity index (χ4v) is 1.89. The first-order chi connectivity index (χ1) is 7.87. The van der Waals surface area contributed by atoms with Gasteiger partial charge < -0.3 is 10.0 Å². The third-order valence-electron chi connectivity index (χ3n) is 2.61. The Morgan fingerprint density at radius 3 is 2.53 bits per heavy atom. The number of likely N-dealkylation sites (N-methyl/N-ethyl adjacent to an activating group) is 1. The van der Waals surface area contributed by atoms with Gasteiger partial charge in [-0.25, -0.2) is 0 Å². The number of aliphatic hydroxyl groups is 1. The molecule has 94 valence electrons. The second-order valence-electron chi connectivity index (χ2n) is 5.01. The Morgan fingerprint density at radius 2 is 2.06 bits per heavy atom. The first-order valence-electron chi connectivity index (χ1n) is 5.90. The van der Waals surface area contributed by atoms with Crippen LogP contribution in [0.15, 0.2) is 18.2 Å². The zero-order valence-electron chi connectivity index (χ0n) is 11.0. The van der Waals surface area contributed by atoms with Crippen LogP contribution in [0.5, 0.6) is 0 Å². The number of hydrogen-bond acceptors (Lipinski definition) is 3. The van der Waals surface area contributed by atoms with Gasteiger partial charge in [-0.1, -0.05) is 11.6 Å². The van der Waals surface area contributed by atoms with Gasteiger partial charge >= 0.3 is 0 Å². The minimum absolute atomic E-state index is 0.507. The third kappa shape index (κ3) is 3.86. The Hall–Kier alpha value is -1.35. The van der Waals surface area contributed by atoms with Crippen molar-refractivity contribution in [2.24, 2.45) is 0 Å². The Labute approximate surface area is 103 Å². The standard InChI is InChI=1S/C14H21NO2/c1-5-15(10-14(3,4)17)13-7-6-11(2)8-12(13)9-16/h6-9,17H,5,10H2,1-4H3. The van der Waals surface area contributed by atoms with E-state index in [-0.39, 0.29) is 0 Å². The predicted molar refractivity (Wildman–Crippen MR) is 70.8 cm³/mol. The lowest BCUT2D eigenvalue weighted by Crippen LogP contribution is -2.39. The molecule has 3 heteroatoms. The van der Waals surface area contributed by atoms with Gasteiger partial charge in [0.05, 0.1) is 5.60 Å². The van der Waals surface area contributed by atoms with E-state index in [1.165, 1.54) is 0 Å². The van der Waals surface area contributed by atoms with E-state index in [9.17, 15) is 9.90 Å². The highest BCUT2D eigenvalue weighted by Crippen LogP contribution is 2.22. The molecule has 0 saturated heterocycles. The molecule has 0 radical (unpaired) electrons. The quantitative estimate of drug-likeness (QED) is 0.797. The first kappa shape index (κ1) is 13.7. The van der Waals surface area contributed by atoms with E-state index < -0.39 is 5.60 Å². The number of hydrogen-bond donors (Lipinski definition) is 1. The van der Waals surface area contributed by atoms with Crippen LogP contribution in [-0.2, 0) is 0 Å². The largest absolute Gasteiger partial charge is 0.389 e. The van der Waals surface area contributed by atoms with E-state index in [0.29, 0.717) is 12.1 Å². The van der Waals surface area contributed by atoms with Crippen LogP contribution in [0.4, 0.5) is 5.69 Å². The molecule has 0 amide bonds. The molecule has 0 aliphatic heterocycles. The van der Waals surface area contributed by atoms with Gasteiger partial charge in [-0.2, -0.15) is 0 Å². The average Bonchev–Trinajstić information content (AvgIpc) is 2.24. The molecule has 0 bridgehead atoms. The van der Waals surface area contributed by atoms with Crippen LogP contribution >= 0.6 is 0 Å². The molecule has 0 atom stereocenters. The van der Waals surface area contributed by atoms with Crippen LogP contribution < -0.4 is 4.90 Å². The summed E-state index contributed by atoms with van der Waals surface area (Å²) in [5.74, 6) is 0. The summed E-state index contributed by atoms with van der Waals surface area (Å²) in [6.45, 7) is 8.78. The van der Waals surface area contributed by atoms with Crippen molar-refractivity contribution in [2.75, 3.05) is 18.0 Å². The number of rotatable bonds is 5. The Morgan fingerprint density at radius 1 is 1.41 bits per heavy atom. The SMILES string of the molecule is CCN(CC(C)(C)O)c1ccc(C)cc1C=O. The van der Waals surface area contributed by atoms with Gasteiger partial charge in [0.1, 0.15) is 0 Å². The van der Waals surface area contributed by atoms with Crippen LogP contribution in [0.2, 0.25) is 0 Å². The molecule has 0 saturated carbocycles. The highest BCUT2D eigenvalue weighted by Gasteiger charge is 2.19. The van der Waals surface area contributed by atoms with Crippen LogP contribution in [0.1, 0.15) is 36.7 Å². The molecule has 0 fully saturated rings. The van der Waals surface area contributed by atoms with Gasteiger partial charge in [0.15, 0.2) is 6.29 Å². The van der Waals surface area contributed by atoms with Crippen molar-refractivity contribution < 1.29 is 9.90 Å². The molecule has 1 N–H and O–H groups in total. The van der Waals surface area contributed by atoms with Crippen molar-refractivity contribution in [3.63, 3.8) is 0 Å². The Bertz CT molecular complexity index is 394. The second-order valence-corrected chi connectivity index (χ2v) is 5.01. The zero-order valence-corrected chi connectivity index (χ0v) is 11.0. The molecular formula is C14H21NO2. The fraction of sp³-hybridized carbons (Fsp3) is 0.500. The fourth-order valence-electron chi connectivity index (χ4n) is 1.89. The summed E-state index contributed by atoms with van der Waals surface area (Å²) in [5.41, 5.74) is 1.85. The van der Waals surface area contributed by atoms with E-state index in [1.54, 1.807) is 13.8 Å². The summed E-state index contributed by atoms with van der Waals surface area (Å²) >= 11 is 0. The molecule has 0 aliphatic rings. The second kappa shape index (κ2) is 5.32. The summed E-state index contributed by atoms with van der Waals surface area (Å²) in [7, 11) is 0. The molecule has 0 spiro atoms.